The van der Waals surface area contributed by atoms with Crippen molar-refractivity contribution >= 4 is 11.9 Å². The number of hydrogen-bond acceptors (Lipinski definition) is 12. The maximum Gasteiger partial charge on any atom is 0.416 e. The number of hydrogen-bond donors (Lipinski definition) is 1. The third kappa shape index (κ3) is 16.7. The maximum absolute atomic E-state index is 13.4. The molecular weight excluding hydrogens is 616 g/mol. The molecule has 0 rings (SSSR count). The third-order valence-corrected chi connectivity index (χ3v) is 6.81. The Kier molecular flexibility index (Phi) is 26.6. The molecule has 0 aliphatic carbocycles. The molecule has 0 aliphatic rings. The van der Waals surface area contributed by atoms with E-state index in [4.69, 9.17) is 52.5 Å². The van der Waals surface area contributed by atoms with Gasteiger partial charge in [-0.05, 0) is 67.2 Å². The Balaban J connectivity index is 6.32. The summed E-state index contributed by atoms with van der Waals surface area (Å²) in [6.45, 7) is 16.8. The van der Waals surface area contributed by atoms with E-state index in [0.717, 1.165) is 32.1 Å². The number of esters is 1. The second-order valence-corrected chi connectivity index (χ2v) is 10.6. The Labute approximate surface area is 283 Å². The molecular formula is C34H66O13. The molecule has 0 bridgehead atoms. The van der Waals surface area contributed by atoms with Crippen molar-refractivity contribution in [3.63, 3.8) is 0 Å². The molecule has 1 N–H and O–H groups in total. The van der Waals surface area contributed by atoms with E-state index in [9.17, 15) is 9.59 Å². The van der Waals surface area contributed by atoms with E-state index in [0.29, 0.717) is 45.7 Å². The van der Waals surface area contributed by atoms with Gasteiger partial charge in [0.05, 0.1) is 19.8 Å². The minimum atomic E-state index is -2.18. The zero-order valence-electron chi connectivity index (χ0n) is 30.6. The molecule has 0 saturated heterocycles. The molecule has 0 aromatic rings. The highest BCUT2D eigenvalue weighted by molar-refractivity contribution is 5.69. The fourth-order valence-corrected chi connectivity index (χ4v) is 4.86. The number of carbonyl (C=O) groups excluding carboxylic acids is 1. The molecule has 0 aromatic heterocycles. The standard InChI is InChI=1S/C34H66O13/c1-9-17-27-45-34(44-16-8,47-31(37)24-22-20-18-19-21-23-30(35)36)33(42-14-6,43-15-7)46-28-25-29(38-26-10-2)32(39-11-3,40-12-4)41-13-5/h29H,9-28H2,1-8H3,(H,35,36). The molecule has 0 aliphatic heterocycles. The van der Waals surface area contributed by atoms with Gasteiger partial charge in [0.15, 0.2) is 0 Å². The first-order valence-corrected chi connectivity index (χ1v) is 17.8. The summed E-state index contributed by atoms with van der Waals surface area (Å²) in [5.74, 6) is -7.11. The first kappa shape index (κ1) is 45.6. The summed E-state index contributed by atoms with van der Waals surface area (Å²) < 4.78 is 61.3. The van der Waals surface area contributed by atoms with Gasteiger partial charge in [-0.2, -0.15) is 0 Å². The number of ether oxygens (including phenoxy) is 10. The highest BCUT2D eigenvalue weighted by Crippen LogP contribution is 2.38. The van der Waals surface area contributed by atoms with Gasteiger partial charge >= 0.3 is 29.9 Å². The van der Waals surface area contributed by atoms with Gasteiger partial charge in [0.25, 0.3) is 0 Å². The highest BCUT2D eigenvalue weighted by Gasteiger charge is 2.63. The molecule has 0 heterocycles. The number of aliphatic carboxylic acids is 1. The normalized spacial score (nSPS) is 14.2. The minimum Gasteiger partial charge on any atom is -0.481 e. The van der Waals surface area contributed by atoms with Crippen LogP contribution in [0, 0.1) is 0 Å². The number of rotatable bonds is 34. The summed E-state index contributed by atoms with van der Waals surface area (Å²) >= 11 is 0. The van der Waals surface area contributed by atoms with Gasteiger partial charge in [-0.15, -0.1) is 0 Å². The van der Waals surface area contributed by atoms with Gasteiger partial charge in [-0.3, -0.25) is 9.59 Å². The van der Waals surface area contributed by atoms with Crippen molar-refractivity contribution in [2.24, 2.45) is 0 Å². The molecule has 2 unspecified atom stereocenters. The zero-order valence-corrected chi connectivity index (χ0v) is 30.6. The topological polar surface area (TPSA) is 147 Å². The summed E-state index contributed by atoms with van der Waals surface area (Å²) in [7, 11) is 0. The lowest BCUT2D eigenvalue weighted by atomic mass is 10.1. The molecule has 47 heavy (non-hydrogen) atoms. The molecule has 0 spiro atoms. The van der Waals surface area contributed by atoms with Crippen LogP contribution >= 0.6 is 0 Å². The van der Waals surface area contributed by atoms with E-state index in [1.165, 1.54) is 0 Å². The fourth-order valence-electron chi connectivity index (χ4n) is 4.86. The van der Waals surface area contributed by atoms with E-state index in [2.05, 4.69) is 0 Å². The van der Waals surface area contributed by atoms with Crippen LogP contribution in [0.25, 0.3) is 0 Å². The molecule has 0 radical (unpaired) electrons. The number of unbranched alkanes of at least 4 members (excludes halogenated alkanes) is 5. The Hall–Kier alpha value is -1.42. The summed E-state index contributed by atoms with van der Waals surface area (Å²) in [6.07, 6.45) is 5.48. The van der Waals surface area contributed by atoms with Crippen LogP contribution in [-0.2, 0) is 57.0 Å². The van der Waals surface area contributed by atoms with Gasteiger partial charge in [0, 0.05) is 58.9 Å². The minimum absolute atomic E-state index is 0.0246. The van der Waals surface area contributed by atoms with Gasteiger partial charge in [0.2, 0.25) is 0 Å². The van der Waals surface area contributed by atoms with Crippen LogP contribution < -0.4 is 0 Å². The molecule has 0 saturated carbocycles. The number of carboxylic acid groups (broad SMARTS) is 1. The SMILES string of the molecule is CCCCOC(OCC)(OC(=O)CCCCCCCC(=O)O)C(OCC)(OCC)OCCC(OCCC)C(OCC)(OCC)OCC. The average Bonchev–Trinajstić information content (AvgIpc) is 3.02. The van der Waals surface area contributed by atoms with E-state index in [1.807, 2.05) is 34.6 Å². The van der Waals surface area contributed by atoms with Crippen molar-refractivity contribution in [1.29, 1.82) is 0 Å². The van der Waals surface area contributed by atoms with Crippen molar-refractivity contribution in [3.05, 3.63) is 0 Å². The van der Waals surface area contributed by atoms with E-state index < -0.39 is 36.0 Å². The zero-order chi connectivity index (χ0) is 35.4. The summed E-state index contributed by atoms with van der Waals surface area (Å²) in [4.78, 5) is 24.1. The lowest BCUT2D eigenvalue weighted by Crippen LogP contribution is -2.65. The first-order valence-electron chi connectivity index (χ1n) is 17.8. The quantitative estimate of drug-likeness (QED) is 0.0445. The Morgan fingerprint density at radius 3 is 1.51 bits per heavy atom. The lowest BCUT2D eigenvalue weighted by Gasteiger charge is -2.45. The maximum atomic E-state index is 13.4. The van der Waals surface area contributed by atoms with Crippen molar-refractivity contribution in [2.75, 3.05) is 59.5 Å². The van der Waals surface area contributed by atoms with Crippen molar-refractivity contribution in [3.8, 4) is 0 Å². The molecule has 0 aromatic carbocycles. The van der Waals surface area contributed by atoms with Crippen molar-refractivity contribution in [1.82, 2.24) is 0 Å². The van der Waals surface area contributed by atoms with Crippen LogP contribution in [0.2, 0.25) is 0 Å². The fraction of sp³-hybridized carbons (Fsp3) is 0.941. The van der Waals surface area contributed by atoms with E-state index in [1.54, 1.807) is 20.8 Å². The summed E-state index contributed by atoms with van der Waals surface area (Å²) in [6, 6.07) is 0. The summed E-state index contributed by atoms with van der Waals surface area (Å²) in [5.41, 5.74) is 0. The monoisotopic (exact) mass is 682 g/mol. The number of carboxylic acids is 1. The number of carbonyl (C=O) groups is 2. The molecule has 13 heteroatoms. The van der Waals surface area contributed by atoms with Crippen LogP contribution in [0.15, 0.2) is 0 Å². The van der Waals surface area contributed by atoms with Crippen LogP contribution in [0.1, 0.15) is 126 Å². The summed E-state index contributed by atoms with van der Waals surface area (Å²) in [5, 5.41) is 8.84. The lowest BCUT2D eigenvalue weighted by molar-refractivity contribution is -0.551. The molecule has 280 valence electrons. The van der Waals surface area contributed by atoms with Crippen LogP contribution in [0.5, 0.6) is 0 Å². The highest BCUT2D eigenvalue weighted by atomic mass is 17.0. The van der Waals surface area contributed by atoms with Gasteiger partial charge < -0.3 is 52.5 Å². The van der Waals surface area contributed by atoms with Gasteiger partial charge in [0.1, 0.15) is 6.10 Å². The Bertz CT molecular complexity index is 758. The Morgan fingerprint density at radius 2 is 1.02 bits per heavy atom. The van der Waals surface area contributed by atoms with Crippen molar-refractivity contribution in [2.45, 2.75) is 150 Å². The first-order chi connectivity index (χ1) is 22.7. The van der Waals surface area contributed by atoms with Gasteiger partial charge in [-0.25, -0.2) is 0 Å². The van der Waals surface area contributed by atoms with E-state index in [-0.39, 0.29) is 52.3 Å². The molecule has 2 atom stereocenters. The smallest absolute Gasteiger partial charge is 0.416 e. The third-order valence-electron chi connectivity index (χ3n) is 6.81. The predicted octanol–water partition coefficient (Wildman–Crippen LogP) is 6.54. The largest absolute Gasteiger partial charge is 0.481 e. The van der Waals surface area contributed by atoms with Crippen molar-refractivity contribution < 1.29 is 62.1 Å². The average molecular weight is 683 g/mol. The predicted molar refractivity (Wildman–Crippen MR) is 175 cm³/mol. The second kappa shape index (κ2) is 27.4. The van der Waals surface area contributed by atoms with Crippen LogP contribution in [-0.4, -0.2) is 101 Å². The molecule has 0 amide bonds. The van der Waals surface area contributed by atoms with Gasteiger partial charge in [-0.1, -0.05) is 39.5 Å². The van der Waals surface area contributed by atoms with Crippen LogP contribution in [0.4, 0.5) is 0 Å². The van der Waals surface area contributed by atoms with E-state index >= 15 is 0 Å². The Morgan fingerprint density at radius 1 is 0.532 bits per heavy atom. The molecule has 0 fully saturated rings. The molecule has 13 nitrogen and oxygen atoms in total. The second-order valence-electron chi connectivity index (χ2n) is 10.6. The van der Waals surface area contributed by atoms with Crippen LogP contribution in [0.3, 0.4) is 0 Å².